The van der Waals surface area contributed by atoms with Crippen molar-refractivity contribution in [3.63, 3.8) is 0 Å². The van der Waals surface area contributed by atoms with E-state index in [9.17, 15) is 0 Å². The summed E-state index contributed by atoms with van der Waals surface area (Å²) in [6.07, 6.45) is 8.44. The molecule has 1 N–H and O–H groups in total. The standard InChI is InChI=1S/C10H14N2/c1-4-6-7-10(3,9-11)12-8-5-2/h2,4,12H,1,6-8H2,3H3. The maximum atomic E-state index is 8.82. The molecular weight excluding hydrogens is 148 g/mol. The number of hydrogen-bond acceptors (Lipinski definition) is 2. The smallest absolute Gasteiger partial charge is 0.104 e. The van der Waals surface area contributed by atoms with Gasteiger partial charge in [-0.1, -0.05) is 12.0 Å². The van der Waals surface area contributed by atoms with Crippen molar-refractivity contribution in [2.75, 3.05) is 6.54 Å². The molecule has 0 saturated heterocycles. The Morgan fingerprint density at radius 1 is 1.75 bits per heavy atom. The zero-order valence-corrected chi connectivity index (χ0v) is 7.43. The van der Waals surface area contributed by atoms with Gasteiger partial charge in [-0.25, -0.2) is 0 Å². The lowest BCUT2D eigenvalue weighted by Crippen LogP contribution is -2.40. The third-order valence-corrected chi connectivity index (χ3v) is 1.68. The van der Waals surface area contributed by atoms with Gasteiger partial charge in [-0.15, -0.1) is 13.0 Å². The zero-order valence-electron chi connectivity index (χ0n) is 7.43. The Hall–Kier alpha value is -1.25. The van der Waals surface area contributed by atoms with Gasteiger partial charge < -0.3 is 0 Å². The van der Waals surface area contributed by atoms with Crippen molar-refractivity contribution < 1.29 is 0 Å². The van der Waals surface area contributed by atoms with E-state index >= 15 is 0 Å². The first-order chi connectivity index (χ1) is 5.68. The van der Waals surface area contributed by atoms with Crippen molar-refractivity contribution in [3.05, 3.63) is 12.7 Å². The summed E-state index contributed by atoms with van der Waals surface area (Å²) in [5.41, 5.74) is -0.513. The number of nitrogens with one attached hydrogen (secondary N) is 1. The molecule has 0 aliphatic rings. The van der Waals surface area contributed by atoms with E-state index in [-0.39, 0.29) is 0 Å². The molecule has 0 aromatic rings. The van der Waals surface area contributed by atoms with E-state index in [1.807, 2.05) is 6.92 Å². The second-order valence-corrected chi connectivity index (χ2v) is 2.83. The lowest BCUT2D eigenvalue weighted by molar-refractivity contribution is 0.444. The number of allylic oxidation sites excluding steroid dienone is 1. The zero-order chi connectivity index (χ0) is 9.45. The Balaban J connectivity index is 3.99. The number of terminal acetylenes is 1. The minimum absolute atomic E-state index is 0.432. The molecule has 1 atom stereocenters. The lowest BCUT2D eigenvalue weighted by atomic mass is 9.98. The van der Waals surface area contributed by atoms with Crippen LogP contribution in [0.15, 0.2) is 12.7 Å². The number of hydrogen-bond donors (Lipinski definition) is 1. The van der Waals surface area contributed by atoms with Gasteiger partial charge in [0, 0.05) is 0 Å². The van der Waals surface area contributed by atoms with Crippen LogP contribution in [0.5, 0.6) is 0 Å². The van der Waals surface area contributed by atoms with E-state index in [0.717, 1.165) is 12.8 Å². The third kappa shape index (κ3) is 3.81. The first-order valence-electron chi connectivity index (χ1n) is 3.89. The Morgan fingerprint density at radius 3 is 2.83 bits per heavy atom. The van der Waals surface area contributed by atoms with Crippen LogP contribution in [-0.2, 0) is 0 Å². The molecule has 0 aliphatic heterocycles. The minimum atomic E-state index is -0.513. The summed E-state index contributed by atoms with van der Waals surface area (Å²) >= 11 is 0. The van der Waals surface area contributed by atoms with Crippen molar-refractivity contribution in [1.29, 1.82) is 5.26 Å². The van der Waals surface area contributed by atoms with Gasteiger partial charge >= 0.3 is 0 Å². The molecular formula is C10H14N2. The molecule has 0 amide bonds. The Bertz CT molecular complexity index is 219. The average Bonchev–Trinajstić information content (AvgIpc) is 2.11. The monoisotopic (exact) mass is 162 g/mol. The van der Waals surface area contributed by atoms with Gasteiger partial charge in [-0.05, 0) is 19.8 Å². The fourth-order valence-electron chi connectivity index (χ4n) is 0.821. The molecule has 0 aromatic heterocycles. The largest absolute Gasteiger partial charge is 0.289 e. The summed E-state index contributed by atoms with van der Waals surface area (Å²) in [7, 11) is 0. The normalized spacial score (nSPS) is 13.9. The summed E-state index contributed by atoms with van der Waals surface area (Å²) in [5, 5.41) is 11.8. The molecule has 1 unspecified atom stereocenters. The molecule has 0 radical (unpaired) electrons. The second kappa shape index (κ2) is 5.41. The fourth-order valence-corrected chi connectivity index (χ4v) is 0.821. The number of nitrogens with zero attached hydrogens (tertiary/aromatic N) is 1. The van der Waals surface area contributed by atoms with Gasteiger partial charge in [0.1, 0.15) is 5.54 Å². The van der Waals surface area contributed by atoms with Crippen molar-refractivity contribution in [2.45, 2.75) is 25.3 Å². The minimum Gasteiger partial charge on any atom is -0.289 e. The highest BCUT2D eigenvalue weighted by Gasteiger charge is 2.20. The SMILES string of the molecule is C#CCNC(C)(C#N)CCC=C. The van der Waals surface area contributed by atoms with Crippen LogP contribution in [0.4, 0.5) is 0 Å². The van der Waals surface area contributed by atoms with Crippen LogP contribution in [0.25, 0.3) is 0 Å². The van der Waals surface area contributed by atoms with Crippen LogP contribution < -0.4 is 5.32 Å². The molecule has 0 rings (SSSR count). The van der Waals surface area contributed by atoms with Gasteiger partial charge in [-0.3, -0.25) is 5.32 Å². The van der Waals surface area contributed by atoms with Crippen molar-refractivity contribution in [2.24, 2.45) is 0 Å². The second-order valence-electron chi connectivity index (χ2n) is 2.83. The molecule has 2 nitrogen and oxygen atoms in total. The summed E-state index contributed by atoms with van der Waals surface area (Å²) in [5.74, 6) is 2.45. The average molecular weight is 162 g/mol. The van der Waals surface area contributed by atoms with Gasteiger partial charge in [0.25, 0.3) is 0 Å². The molecule has 0 saturated carbocycles. The van der Waals surface area contributed by atoms with E-state index in [2.05, 4.69) is 23.9 Å². The van der Waals surface area contributed by atoms with E-state index in [4.69, 9.17) is 11.7 Å². The first-order valence-corrected chi connectivity index (χ1v) is 3.89. The van der Waals surface area contributed by atoms with Gasteiger partial charge in [0.15, 0.2) is 0 Å². The third-order valence-electron chi connectivity index (χ3n) is 1.68. The molecule has 12 heavy (non-hydrogen) atoms. The van der Waals surface area contributed by atoms with Crippen molar-refractivity contribution in [1.82, 2.24) is 5.32 Å². The molecule has 0 heterocycles. The maximum Gasteiger partial charge on any atom is 0.104 e. The fraction of sp³-hybridized carbons (Fsp3) is 0.500. The van der Waals surface area contributed by atoms with Crippen LogP contribution >= 0.6 is 0 Å². The van der Waals surface area contributed by atoms with Crippen LogP contribution in [0.1, 0.15) is 19.8 Å². The van der Waals surface area contributed by atoms with Crippen LogP contribution in [0.2, 0.25) is 0 Å². The summed E-state index contributed by atoms with van der Waals surface area (Å²) in [6.45, 7) is 5.87. The summed E-state index contributed by atoms with van der Waals surface area (Å²) in [6, 6.07) is 2.19. The maximum absolute atomic E-state index is 8.82. The van der Waals surface area contributed by atoms with E-state index in [0.29, 0.717) is 6.54 Å². The van der Waals surface area contributed by atoms with E-state index < -0.39 is 5.54 Å². The predicted octanol–water partition coefficient (Wildman–Crippen LogP) is 1.46. The Morgan fingerprint density at radius 2 is 2.42 bits per heavy atom. The predicted molar refractivity (Wildman–Crippen MR) is 50.3 cm³/mol. The topological polar surface area (TPSA) is 35.8 Å². The highest BCUT2D eigenvalue weighted by atomic mass is 14.9. The molecule has 0 spiro atoms. The quantitative estimate of drug-likeness (QED) is 0.490. The molecule has 0 fully saturated rings. The van der Waals surface area contributed by atoms with Gasteiger partial charge in [0.05, 0.1) is 12.6 Å². The first kappa shape index (κ1) is 10.8. The lowest BCUT2D eigenvalue weighted by Gasteiger charge is -2.20. The number of nitriles is 1. The number of rotatable bonds is 5. The van der Waals surface area contributed by atoms with Crippen molar-refractivity contribution in [3.8, 4) is 18.4 Å². The highest BCUT2D eigenvalue weighted by molar-refractivity contribution is 5.06. The van der Waals surface area contributed by atoms with Crippen LogP contribution in [-0.4, -0.2) is 12.1 Å². The Kier molecular flexibility index (Phi) is 4.84. The molecule has 0 bridgehead atoms. The molecule has 0 aromatic carbocycles. The molecule has 2 heteroatoms. The summed E-state index contributed by atoms with van der Waals surface area (Å²) < 4.78 is 0. The highest BCUT2D eigenvalue weighted by Crippen LogP contribution is 2.10. The van der Waals surface area contributed by atoms with Gasteiger partial charge in [-0.2, -0.15) is 5.26 Å². The van der Waals surface area contributed by atoms with Gasteiger partial charge in [0.2, 0.25) is 0 Å². The molecule has 64 valence electrons. The van der Waals surface area contributed by atoms with Crippen molar-refractivity contribution >= 4 is 0 Å². The van der Waals surface area contributed by atoms with E-state index in [1.54, 1.807) is 6.08 Å². The van der Waals surface area contributed by atoms with Crippen LogP contribution in [0.3, 0.4) is 0 Å². The summed E-state index contributed by atoms with van der Waals surface area (Å²) in [4.78, 5) is 0. The van der Waals surface area contributed by atoms with Crippen LogP contribution in [0, 0.1) is 23.7 Å². The Labute approximate surface area is 74.3 Å². The molecule has 0 aliphatic carbocycles. The van der Waals surface area contributed by atoms with E-state index in [1.165, 1.54) is 0 Å².